The maximum atomic E-state index is 11.7. The molecule has 0 atom stereocenters. The fourth-order valence-electron chi connectivity index (χ4n) is 1.73. The molecule has 0 saturated carbocycles. The smallest absolute Gasteiger partial charge is 0.313 e. The molecule has 7 heteroatoms. The molecule has 106 valence electrons. The first-order chi connectivity index (χ1) is 8.77. The zero-order valence-electron chi connectivity index (χ0n) is 11.3. The molecule has 1 aliphatic rings. The van der Waals surface area contributed by atoms with Crippen molar-refractivity contribution in [1.29, 1.82) is 0 Å². The summed E-state index contributed by atoms with van der Waals surface area (Å²) in [5.74, 6) is -1.88. The molecular formula is C12H18N2O5. The Morgan fingerprint density at radius 3 is 2.58 bits per heavy atom. The number of hydrogen-bond acceptors (Lipinski definition) is 6. The van der Waals surface area contributed by atoms with Gasteiger partial charge in [0.2, 0.25) is 11.8 Å². The summed E-state index contributed by atoms with van der Waals surface area (Å²) in [6, 6.07) is 0. The summed E-state index contributed by atoms with van der Waals surface area (Å²) in [4.78, 5) is 47.3. The summed E-state index contributed by atoms with van der Waals surface area (Å²) in [5.41, 5.74) is -0.960. The van der Waals surface area contributed by atoms with Gasteiger partial charge in [-0.3, -0.25) is 29.4 Å². The third-order valence-electron chi connectivity index (χ3n) is 2.95. The highest BCUT2D eigenvalue weighted by Crippen LogP contribution is 2.17. The Morgan fingerprint density at radius 1 is 1.37 bits per heavy atom. The molecule has 0 spiro atoms. The highest BCUT2D eigenvalue weighted by molar-refractivity contribution is 6.04. The highest BCUT2D eigenvalue weighted by Gasteiger charge is 2.41. The first-order valence-corrected chi connectivity index (χ1v) is 6.04. The van der Waals surface area contributed by atoms with Crippen LogP contribution >= 0.6 is 0 Å². The second-order valence-corrected chi connectivity index (χ2v) is 4.81. The molecular weight excluding hydrogens is 252 g/mol. The Hall–Kier alpha value is -1.76. The van der Waals surface area contributed by atoms with Crippen molar-refractivity contribution in [3.05, 3.63) is 0 Å². The van der Waals surface area contributed by atoms with E-state index in [2.05, 4.69) is 10.1 Å². The van der Waals surface area contributed by atoms with E-state index in [0.29, 0.717) is 0 Å². The average Bonchev–Trinajstić information content (AvgIpc) is 2.26. The summed E-state index contributed by atoms with van der Waals surface area (Å²) in [7, 11) is 0. The van der Waals surface area contributed by atoms with Gasteiger partial charge >= 0.3 is 5.97 Å². The number of nitrogens with one attached hydrogen (secondary N) is 1. The summed E-state index contributed by atoms with van der Waals surface area (Å²) in [6.45, 7) is 4.92. The number of carbonyl (C=O) groups excluding carboxylic acids is 4. The standard InChI is InChI=1S/C12H18N2O5/c1-4-19-10(17)5-8(15)6-14-7-9(16)13-11(18)12(14,2)3/h4-7H2,1-3H3,(H,13,16,18). The third kappa shape index (κ3) is 3.85. The van der Waals surface area contributed by atoms with E-state index in [4.69, 9.17) is 0 Å². The zero-order chi connectivity index (χ0) is 14.6. The van der Waals surface area contributed by atoms with Crippen LogP contribution in [0.1, 0.15) is 27.2 Å². The lowest BCUT2D eigenvalue weighted by Gasteiger charge is -2.39. The molecule has 0 bridgehead atoms. The number of carbonyl (C=O) groups is 4. The van der Waals surface area contributed by atoms with Gasteiger partial charge in [0.15, 0.2) is 5.78 Å². The maximum absolute atomic E-state index is 11.7. The predicted molar refractivity (Wildman–Crippen MR) is 65.1 cm³/mol. The molecule has 1 fully saturated rings. The van der Waals surface area contributed by atoms with Crippen LogP contribution in [0.25, 0.3) is 0 Å². The minimum absolute atomic E-state index is 0.0483. The summed E-state index contributed by atoms with van der Waals surface area (Å²) < 4.78 is 4.67. The average molecular weight is 270 g/mol. The van der Waals surface area contributed by atoms with Gasteiger partial charge in [-0.15, -0.1) is 0 Å². The fraction of sp³-hybridized carbons (Fsp3) is 0.667. The van der Waals surface area contributed by atoms with E-state index in [1.807, 2.05) is 0 Å². The van der Waals surface area contributed by atoms with E-state index in [9.17, 15) is 19.2 Å². The number of imide groups is 1. The Morgan fingerprint density at radius 2 is 2.00 bits per heavy atom. The molecule has 0 aromatic rings. The van der Waals surface area contributed by atoms with Crippen molar-refractivity contribution in [2.45, 2.75) is 32.7 Å². The normalized spacial score (nSPS) is 18.9. The molecule has 0 unspecified atom stereocenters. The second-order valence-electron chi connectivity index (χ2n) is 4.81. The van der Waals surface area contributed by atoms with Crippen molar-refractivity contribution >= 4 is 23.6 Å². The van der Waals surface area contributed by atoms with Crippen molar-refractivity contribution in [2.75, 3.05) is 19.7 Å². The van der Waals surface area contributed by atoms with Gasteiger partial charge in [0.1, 0.15) is 6.42 Å². The lowest BCUT2D eigenvalue weighted by molar-refractivity contribution is -0.147. The van der Waals surface area contributed by atoms with E-state index >= 15 is 0 Å². The van der Waals surface area contributed by atoms with Crippen LogP contribution in [-0.4, -0.2) is 53.7 Å². The van der Waals surface area contributed by atoms with Crippen LogP contribution in [0.3, 0.4) is 0 Å². The van der Waals surface area contributed by atoms with Crippen molar-refractivity contribution < 1.29 is 23.9 Å². The van der Waals surface area contributed by atoms with Gasteiger partial charge in [-0.05, 0) is 20.8 Å². The molecule has 1 N–H and O–H groups in total. The molecule has 7 nitrogen and oxygen atoms in total. The molecule has 1 heterocycles. The van der Waals surface area contributed by atoms with Gasteiger partial charge in [-0.2, -0.15) is 0 Å². The van der Waals surface area contributed by atoms with Crippen LogP contribution in [0.2, 0.25) is 0 Å². The number of amides is 2. The molecule has 0 aromatic carbocycles. The van der Waals surface area contributed by atoms with Crippen LogP contribution < -0.4 is 5.32 Å². The minimum atomic E-state index is -0.960. The van der Waals surface area contributed by atoms with Gasteiger partial charge < -0.3 is 4.74 Å². The molecule has 19 heavy (non-hydrogen) atoms. The van der Waals surface area contributed by atoms with E-state index in [1.165, 1.54) is 4.90 Å². The number of esters is 1. The second kappa shape index (κ2) is 5.92. The number of Topliss-reactive ketones (excluding diaryl/α,β-unsaturated/α-hetero) is 1. The molecule has 0 aliphatic carbocycles. The van der Waals surface area contributed by atoms with Crippen molar-refractivity contribution in [3.63, 3.8) is 0 Å². The highest BCUT2D eigenvalue weighted by atomic mass is 16.5. The van der Waals surface area contributed by atoms with Gasteiger partial charge in [0.25, 0.3) is 0 Å². The molecule has 0 radical (unpaired) electrons. The lowest BCUT2D eigenvalue weighted by Crippen LogP contribution is -2.64. The fourth-order valence-corrected chi connectivity index (χ4v) is 1.73. The quantitative estimate of drug-likeness (QED) is 0.401. The molecule has 1 saturated heterocycles. The summed E-state index contributed by atoms with van der Waals surface area (Å²) >= 11 is 0. The molecule has 1 aliphatic heterocycles. The number of ketones is 1. The van der Waals surface area contributed by atoms with Gasteiger partial charge in [0.05, 0.1) is 25.2 Å². The topological polar surface area (TPSA) is 92.8 Å². The van der Waals surface area contributed by atoms with E-state index in [-0.39, 0.29) is 31.9 Å². The number of hydrogen-bond donors (Lipinski definition) is 1. The van der Waals surface area contributed by atoms with Crippen LogP contribution in [0.5, 0.6) is 0 Å². The van der Waals surface area contributed by atoms with Crippen molar-refractivity contribution in [1.82, 2.24) is 10.2 Å². The lowest BCUT2D eigenvalue weighted by atomic mass is 9.98. The van der Waals surface area contributed by atoms with Crippen molar-refractivity contribution in [3.8, 4) is 0 Å². The Kier molecular flexibility index (Phi) is 4.77. The number of piperazine rings is 1. The maximum Gasteiger partial charge on any atom is 0.313 e. The van der Waals surface area contributed by atoms with E-state index in [0.717, 1.165) is 0 Å². The predicted octanol–water partition coefficient (Wildman–Crippen LogP) is -0.754. The van der Waals surface area contributed by atoms with Crippen LogP contribution in [0.4, 0.5) is 0 Å². The Balaban J connectivity index is 2.64. The van der Waals surface area contributed by atoms with Crippen molar-refractivity contribution in [2.24, 2.45) is 0 Å². The van der Waals surface area contributed by atoms with Crippen LogP contribution in [-0.2, 0) is 23.9 Å². The minimum Gasteiger partial charge on any atom is -0.466 e. The van der Waals surface area contributed by atoms with Gasteiger partial charge in [0, 0.05) is 0 Å². The zero-order valence-corrected chi connectivity index (χ0v) is 11.3. The van der Waals surface area contributed by atoms with E-state index < -0.39 is 23.3 Å². The van der Waals surface area contributed by atoms with Gasteiger partial charge in [-0.1, -0.05) is 0 Å². The first-order valence-electron chi connectivity index (χ1n) is 6.04. The third-order valence-corrected chi connectivity index (χ3v) is 2.95. The first kappa shape index (κ1) is 15.3. The summed E-state index contributed by atoms with van der Waals surface area (Å²) in [5, 5.41) is 2.21. The van der Waals surface area contributed by atoms with Gasteiger partial charge in [-0.25, -0.2) is 0 Å². The molecule has 0 aromatic heterocycles. The molecule has 1 rings (SSSR count). The summed E-state index contributed by atoms with van der Waals surface area (Å²) in [6.07, 6.45) is -0.351. The monoisotopic (exact) mass is 270 g/mol. The Bertz CT molecular complexity index is 416. The number of rotatable bonds is 5. The number of ether oxygens (including phenoxy) is 1. The number of nitrogens with zero attached hydrogens (tertiary/aromatic N) is 1. The van der Waals surface area contributed by atoms with E-state index in [1.54, 1.807) is 20.8 Å². The largest absolute Gasteiger partial charge is 0.466 e. The Labute approximate surface area is 111 Å². The van der Waals surface area contributed by atoms with Crippen LogP contribution in [0.15, 0.2) is 0 Å². The molecule has 2 amide bonds. The van der Waals surface area contributed by atoms with Crippen LogP contribution in [0, 0.1) is 0 Å². The SMILES string of the molecule is CCOC(=O)CC(=O)CN1CC(=O)NC(=O)C1(C)C.